The number of aromatic nitrogens is 2. The van der Waals surface area contributed by atoms with Crippen LogP contribution in [-0.4, -0.2) is 40.2 Å². The first-order valence-corrected chi connectivity index (χ1v) is 6.58. The Kier molecular flexibility index (Phi) is 3.11. The Labute approximate surface area is 102 Å². The molecule has 1 aromatic heterocycles. The van der Waals surface area contributed by atoms with Crippen molar-refractivity contribution < 1.29 is 4.52 Å². The van der Waals surface area contributed by atoms with Crippen molar-refractivity contribution in [3.05, 3.63) is 11.7 Å². The van der Waals surface area contributed by atoms with Crippen molar-refractivity contribution in [1.82, 2.24) is 20.4 Å². The van der Waals surface area contributed by atoms with Crippen molar-refractivity contribution in [1.29, 1.82) is 0 Å². The van der Waals surface area contributed by atoms with E-state index in [4.69, 9.17) is 4.52 Å². The largest absolute Gasteiger partial charge is 0.338 e. The summed E-state index contributed by atoms with van der Waals surface area (Å²) in [5.41, 5.74) is 0. The van der Waals surface area contributed by atoms with E-state index in [0.29, 0.717) is 24.3 Å². The van der Waals surface area contributed by atoms with Crippen molar-refractivity contribution in [2.24, 2.45) is 0 Å². The summed E-state index contributed by atoms with van der Waals surface area (Å²) < 4.78 is 5.11. The molecule has 5 heteroatoms. The molecule has 0 amide bonds. The van der Waals surface area contributed by atoms with Crippen LogP contribution in [0.2, 0.25) is 0 Å². The van der Waals surface area contributed by atoms with Crippen LogP contribution in [0, 0.1) is 6.92 Å². The zero-order valence-electron chi connectivity index (χ0n) is 10.4. The molecule has 2 unspecified atom stereocenters. The average Bonchev–Trinajstić information content (AvgIpc) is 2.94. The van der Waals surface area contributed by atoms with Crippen LogP contribution < -0.4 is 5.32 Å². The summed E-state index contributed by atoms with van der Waals surface area (Å²) in [6.07, 6.45) is 5.26. The quantitative estimate of drug-likeness (QED) is 0.851. The van der Waals surface area contributed by atoms with Crippen LogP contribution in [0.15, 0.2) is 4.52 Å². The minimum atomic E-state index is 0.613. The summed E-state index contributed by atoms with van der Waals surface area (Å²) in [7, 11) is 0. The van der Waals surface area contributed by atoms with Gasteiger partial charge in [0.05, 0.1) is 6.54 Å². The van der Waals surface area contributed by atoms with Crippen LogP contribution in [0.4, 0.5) is 0 Å². The topological polar surface area (TPSA) is 54.2 Å². The molecule has 0 radical (unpaired) electrons. The molecule has 0 aromatic carbocycles. The second-order valence-electron chi connectivity index (χ2n) is 5.17. The molecule has 0 bridgehead atoms. The number of aryl methyl sites for hydroxylation is 1. The Hall–Kier alpha value is -0.940. The molecular weight excluding hydrogens is 216 g/mol. The van der Waals surface area contributed by atoms with Crippen LogP contribution in [0.3, 0.4) is 0 Å². The molecule has 94 valence electrons. The third-order valence-corrected chi connectivity index (χ3v) is 3.93. The van der Waals surface area contributed by atoms with Crippen LogP contribution in [0.1, 0.15) is 37.4 Å². The van der Waals surface area contributed by atoms with E-state index in [2.05, 4.69) is 20.4 Å². The number of hydrogen-bond donors (Lipinski definition) is 1. The molecule has 3 heterocycles. The first kappa shape index (κ1) is 11.2. The fourth-order valence-corrected chi connectivity index (χ4v) is 3.05. The maximum absolute atomic E-state index is 5.11. The van der Waals surface area contributed by atoms with Gasteiger partial charge in [0.15, 0.2) is 5.82 Å². The van der Waals surface area contributed by atoms with Crippen LogP contribution >= 0.6 is 0 Å². The molecule has 3 rings (SSSR count). The number of rotatable bonds is 3. The van der Waals surface area contributed by atoms with E-state index in [-0.39, 0.29) is 0 Å². The molecule has 0 aliphatic carbocycles. The molecule has 17 heavy (non-hydrogen) atoms. The molecular formula is C12H20N4O. The Morgan fingerprint density at radius 3 is 3.18 bits per heavy atom. The van der Waals surface area contributed by atoms with Crippen LogP contribution in [0.25, 0.3) is 0 Å². The summed E-state index contributed by atoms with van der Waals surface area (Å²) in [6.45, 7) is 5.10. The predicted octanol–water partition coefficient (Wildman–Crippen LogP) is 1.09. The molecule has 2 atom stereocenters. The molecule has 0 spiro atoms. The highest BCUT2D eigenvalue weighted by Gasteiger charge is 2.31. The predicted molar refractivity (Wildman–Crippen MR) is 63.5 cm³/mol. The van der Waals surface area contributed by atoms with Gasteiger partial charge in [0.1, 0.15) is 0 Å². The zero-order chi connectivity index (χ0) is 11.7. The first-order chi connectivity index (χ1) is 8.31. The van der Waals surface area contributed by atoms with Crippen molar-refractivity contribution in [2.75, 3.05) is 13.1 Å². The summed E-state index contributed by atoms with van der Waals surface area (Å²) in [5, 5.41) is 7.34. The lowest BCUT2D eigenvalue weighted by Gasteiger charge is -2.35. The molecule has 5 nitrogen and oxygen atoms in total. The van der Waals surface area contributed by atoms with E-state index in [9.17, 15) is 0 Å². The molecule has 2 aliphatic rings. The first-order valence-electron chi connectivity index (χ1n) is 6.58. The van der Waals surface area contributed by atoms with E-state index in [1.54, 1.807) is 0 Å². The summed E-state index contributed by atoms with van der Waals surface area (Å²) in [5.74, 6) is 1.42. The molecule has 2 aliphatic heterocycles. The molecule has 2 fully saturated rings. The number of piperidine rings is 1. The third-order valence-electron chi connectivity index (χ3n) is 3.93. The number of fused-ring (bicyclic) bond motifs is 1. The highest BCUT2D eigenvalue weighted by molar-refractivity contribution is 4.90. The lowest BCUT2D eigenvalue weighted by Crippen LogP contribution is -2.45. The van der Waals surface area contributed by atoms with Crippen molar-refractivity contribution in [3.63, 3.8) is 0 Å². The second kappa shape index (κ2) is 4.74. The Bertz CT molecular complexity index is 378. The lowest BCUT2D eigenvalue weighted by atomic mass is 9.98. The molecule has 0 saturated carbocycles. The monoisotopic (exact) mass is 236 g/mol. The maximum Gasteiger partial charge on any atom is 0.240 e. The van der Waals surface area contributed by atoms with E-state index < -0.39 is 0 Å². The lowest BCUT2D eigenvalue weighted by molar-refractivity contribution is 0.164. The Balaban J connectivity index is 1.49. The van der Waals surface area contributed by atoms with Gasteiger partial charge >= 0.3 is 0 Å². The van der Waals surface area contributed by atoms with Crippen molar-refractivity contribution >= 4 is 0 Å². The van der Waals surface area contributed by atoms with Gasteiger partial charge in [-0.2, -0.15) is 4.98 Å². The average molecular weight is 236 g/mol. The standard InChI is InChI=1S/C12H20N4O/c1-9-14-12(17-15-9)8-13-10-4-6-16-5-2-3-11(16)7-10/h10-11,13H,2-8H2,1H3. The van der Waals surface area contributed by atoms with Crippen LogP contribution in [0.5, 0.6) is 0 Å². The highest BCUT2D eigenvalue weighted by Crippen LogP contribution is 2.26. The number of nitrogens with one attached hydrogen (secondary N) is 1. The summed E-state index contributed by atoms with van der Waals surface area (Å²) in [6, 6.07) is 1.42. The van der Waals surface area contributed by atoms with Gasteiger partial charge in [-0.1, -0.05) is 5.16 Å². The van der Waals surface area contributed by atoms with E-state index >= 15 is 0 Å². The smallest absolute Gasteiger partial charge is 0.240 e. The number of hydrogen-bond acceptors (Lipinski definition) is 5. The van der Waals surface area contributed by atoms with Crippen molar-refractivity contribution in [3.8, 4) is 0 Å². The SMILES string of the molecule is Cc1noc(CNC2CCN3CCCC3C2)n1. The van der Waals surface area contributed by atoms with Gasteiger partial charge in [0.2, 0.25) is 5.89 Å². The van der Waals surface area contributed by atoms with Crippen molar-refractivity contribution in [2.45, 2.75) is 51.2 Å². The third kappa shape index (κ3) is 2.50. The van der Waals surface area contributed by atoms with Gasteiger partial charge in [0, 0.05) is 12.1 Å². The van der Waals surface area contributed by atoms with Gasteiger partial charge < -0.3 is 14.7 Å². The minimum Gasteiger partial charge on any atom is -0.338 e. The van der Waals surface area contributed by atoms with Gasteiger partial charge in [0.25, 0.3) is 0 Å². The van der Waals surface area contributed by atoms with E-state index in [1.807, 2.05) is 6.92 Å². The number of nitrogens with zero attached hydrogens (tertiary/aromatic N) is 3. The highest BCUT2D eigenvalue weighted by atomic mass is 16.5. The molecule has 1 aromatic rings. The Morgan fingerprint density at radius 2 is 2.35 bits per heavy atom. The van der Waals surface area contributed by atoms with Gasteiger partial charge in [-0.25, -0.2) is 0 Å². The second-order valence-corrected chi connectivity index (χ2v) is 5.17. The van der Waals surface area contributed by atoms with Gasteiger partial charge in [-0.15, -0.1) is 0 Å². The fourth-order valence-electron chi connectivity index (χ4n) is 3.05. The Morgan fingerprint density at radius 1 is 1.41 bits per heavy atom. The minimum absolute atomic E-state index is 0.613. The molecule has 2 saturated heterocycles. The molecule has 1 N–H and O–H groups in total. The maximum atomic E-state index is 5.11. The fraction of sp³-hybridized carbons (Fsp3) is 0.833. The van der Waals surface area contributed by atoms with Gasteiger partial charge in [-0.05, 0) is 45.7 Å². The normalized spacial score (nSPS) is 29.5. The van der Waals surface area contributed by atoms with E-state index in [0.717, 1.165) is 6.04 Å². The van der Waals surface area contributed by atoms with E-state index in [1.165, 1.54) is 38.8 Å². The summed E-state index contributed by atoms with van der Waals surface area (Å²) in [4.78, 5) is 6.84. The van der Waals surface area contributed by atoms with Crippen LogP contribution in [-0.2, 0) is 6.54 Å². The van der Waals surface area contributed by atoms with Gasteiger partial charge in [-0.3, -0.25) is 0 Å². The zero-order valence-corrected chi connectivity index (χ0v) is 10.4. The summed E-state index contributed by atoms with van der Waals surface area (Å²) >= 11 is 0.